The molecule has 8 nitrogen and oxygen atoms in total. The number of sulfonamides is 1. The standard InChI is InChI=1S/C28H30FN5O3S2.ClH/c1-2-20-4-3-5-25-26(20)31-28(38-25)34-18-16-33(17-19-34)15-14-30-27(35)21-6-10-23(11-7-21)32-39(36,37)24-12-8-22(29)9-13-24;/h3-13,32H,2,14-19H2,1H3,(H,30,35);1H. The van der Waals surface area contributed by atoms with Crippen molar-refractivity contribution >= 4 is 60.7 Å². The summed E-state index contributed by atoms with van der Waals surface area (Å²) >= 11 is 1.74. The zero-order valence-corrected chi connectivity index (χ0v) is 24.4. The third-order valence-corrected chi connectivity index (χ3v) is 9.23. The molecule has 1 fully saturated rings. The topological polar surface area (TPSA) is 94.6 Å². The number of anilines is 2. The van der Waals surface area contributed by atoms with Crippen LogP contribution in [0.25, 0.3) is 10.2 Å². The van der Waals surface area contributed by atoms with Crippen molar-refractivity contribution in [1.82, 2.24) is 15.2 Å². The number of fused-ring (bicyclic) bond motifs is 1. The highest BCUT2D eigenvalue weighted by molar-refractivity contribution is 7.92. The molecule has 0 spiro atoms. The van der Waals surface area contributed by atoms with Crippen LogP contribution in [0, 0.1) is 5.82 Å². The number of amides is 1. The summed E-state index contributed by atoms with van der Waals surface area (Å²) in [4.78, 5) is 22.1. The normalized spacial score (nSPS) is 14.1. The van der Waals surface area contributed by atoms with Crippen molar-refractivity contribution in [3.05, 3.63) is 83.7 Å². The Hall–Kier alpha value is -3.25. The van der Waals surface area contributed by atoms with Crippen LogP contribution in [0.1, 0.15) is 22.8 Å². The SMILES string of the molecule is CCc1cccc2sc(N3CCN(CCNC(=O)c4ccc(NS(=O)(=O)c5ccc(F)cc5)cc4)CC3)nc12.Cl. The molecule has 0 bridgehead atoms. The van der Waals surface area contributed by atoms with Gasteiger partial charge in [-0.1, -0.05) is 30.4 Å². The van der Waals surface area contributed by atoms with Gasteiger partial charge >= 0.3 is 0 Å². The zero-order valence-electron chi connectivity index (χ0n) is 22.0. The minimum Gasteiger partial charge on any atom is -0.351 e. The molecule has 1 aromatic heterocycles. The number of hydrogen-bond acceptors (Lipinski definition) is 7. The highest BCUT2D eigenvalue weighted by Crippen LogP contribution is 2.31. The molecule has 2 heterocycles. The van der Waals surface area contributed by atoms with Crippen molar-refractivity contribution < 1.29 is 17.6 Å². The predicted octanol–water partition coefficient (Wildman–Crippen LogP) is 4.77. The van der Waals surface area contributed by atoms with Gasteiger partial charge in [0.2, 0.25) is 0 Å². The molecule has 1 aliphatic heterocycles. The molecule has 12 heteroatoms. The van der Waals surface area contributed by atoms with Gasteiger partial charge in [-0.05, 0) is 66.6 Å². The van der Waals surface area contributed by atoms with E-state index in [2.05, 4.69) is 45.0 Å². The average Bonchev–Trinajstić information content (AvgIpc) is 3.38. The fourth-order valence-corrected chi connectivity index (χ4v) is 6.65. The number of aromatic nitrogens is 1. The first-order valence-electron chi connectivity index (χ1n) is 12.8. The number of aryl methyl sites for hydroxylation is 1. The van der Waals surface area contributed by atoms with E-state index in [-0.39, 0.29) is 23.2 Å². The maximum absolute atomic E-state index is 13.1. The van der Waals surface area contributed by atoms with Crippen molar-refractivity contribution in [1.29, 1.82) is 0 Å². The van der Waals surface area contributed by atoms with Crippen LogP contribution in [-0.4, -0.2) is 63.5 Å². The van der Waals surface area contributed by atoms with E-state index < -0.39 is 15.8 Å². The lowest BCUT2D eigenvalue weighted by atomic mass is 10.1. The third-order valence-electron chi connectivity index (χ3n) is 6.75. The van der Waals surface area contributed by atoms with E-state index in [1.165, 1.54) is 34.5 Å². The lowest BCUT2D eigenvalue weighted by Crippen LogP contribution is -2.48. The molecule has 0 radical (unpaired) electrons. The van der Waals surface area contributed by atoms with Crippen LogP contribution in [0.3, 0.4) is 0 Å². The Kier molecular flexibility index (Phi) is 9.62. The predicted molar refractivity (Wildman–Crippen MR) is 161 cm³/mol. The average molecular weight is 604 g/mol. The van der Waals surface area contributed by atoms with Crippen LogP contribution in [0.5, 0.6) is 0 Å². The van der Waals surface area contributed by atoms with Gasteiger partial charge in [-0.15, -0.1) is 12.4 Å². The highest BCUT2D eigenvalue weighted by Gasteiger charge is 2.20. The first-order valence-corrected chi connectivity index (χ1v) is 15.1. The van der Waals surface area contributed by atoms with E-state index in [4.69, 9.17) is 4.98 Å². The molecule has 3 aromatic carbocycles. The monoisotopic (exact) mass is 603 g/mol. The third kappa shape index (κ3) is 6.90. The highest BCUT2D eigenvalue weighted by atomic mass is 35.5. The fourth-order valence-electron chi connectivity index (χ4n) is 4.52. The van der Waals surface area contributed by atoms with Gasteiger partial charge in [-0.2, -0.15) is 0 Å². The summed E-state index contributed by atoms with van der Waals surface area (Å²) in [7, 11) is -3.85. The summed E-state index contributed by atoms with van der Waals surface area (Å²) < 4.78 is 41.7. The largest absolute Gasteiger partial charge is 0.351 e. The summed E-state index contributed by atoms with van der Waals surface area (Å²) in [6, 6.07) is 17.1. The molecule has 0 atom stereocenters. The maximum atomic E-state index is 13.1. The number of halogens is 2. The van der Waals surface area contributed by atoms with Gasteiger partial charge < -0.3 is 10.2 Å². The second kappa shape index (κ2) is 12.9. The summed E-state index contributed by atoms with van der Waals surface area (Å²) in [5.74, 6) is -0.732. The van der Waals surface area contributed by atoms with E-state index in [1.807, 2.05) is 0 Å². The molecule has 0 saturated carbocycles. The summed E-state index contributed by atoms with van der Waals surface area (Å²) in [6.07, 6.45) is 0.973. The number of nitrogens with zero attached hydrogens (tertiary/aromatic N) is 3. The van der Waals surface area contributed by atoms with Crippen LogP contribution in [0.15, 0.2) is 71.6 Å². The van der Waals surface area contributed by atoms with E-state index in [0.717, 1.165) is 61.9 Å². The van der Waals surface area contributed by atoms with Crippen molar-refractivity contribution in [3.8, 4) is 0 Å². The molecular weight excluding hydrogens is 573 g/mol. The maximum Gasteiger partial charge on any atom is 0.261 e. The molecule has 1 amide bonds. The summed E-state index contributed by atoms with van der Waals surface area (Å²) in [6.45, 7) is 7.00. The minimum absolute atomic E-state index is 0. The number of hydrogen-bond donors (Lipinski definition) is 2. The van der Waals surface area contributed by atoms with Gasteiger partial charge in [0.1, 0.15) is 5.82 Å². The number of piperazine rings is 1. The van der Waals surface area contributed by atoms with Crippen LogP contribution in [-0.2, 0) is 16.4 Å². The van der Waals surface area contributed by atoms with Crippen molar-refractivity contribution in [3.63, 3.8) is 0 Å². The van der Waals surface area contributed by atoms with Gasteiger partial charge in [0.05, 0.1) is 15.1 Å². The lowest BCUT2D eigenvalue weighted by molar-refractivity contribution is 0.0948. The molecule has 40 heavy (non-hydrogen) atoms. The molecular formula is C28H31ClFN5O3S2. The van der Waals surface area contributed by atoms with Crippen molar-refractivity contribution in [2.75, 3.05) is 48.9 Å². The number of benzene rings is 3. The number of carbonyl (C=O) groups excluding carboxylic acids is 1. The molecule has 1 saturated heterocycles. The number of thiazole rings is 1. The molecule has 0 unspecified atom stereocenters. The quantitative estimate of drug-likeness (QED) is 0.286. The van der Waals surface area contributed by atoms with Crippen molar-refractivity contribution in [2.45, 2.75) is 18.2 Å². The fraction of sp³-hybridized carbons (Fsp3) is 0.286. The summed E-state index contributed by atoms with van der Waals surface area (Å²) in [5, 5.41) is 4.01. The number of para-hydroxylation sites is 1. The Morgan fingerprint density at radius 1 is 1.00 bits per heavy atom. The van der Waals surface area contributed by atoms with Crippen LogP contribution >= 0.6 is 23.7 Å². The van der Waals surface area contributed by atoms with Gasteiger partial charge in [-0.25, -0.2) is 17.8 Å². The summed E-state index contributed by atoms with van der Waals surface area (Å²) in [5.41, 5.74) is 3.15. The zero-order chi connectivity index (χ0) is 27.4. The van der Waals surface area contributed by atoms with Gasteiger partial charge in [0.25, 0.3) is 15.9 Å². The van der Waals surface area contributed by atoms with Crippen LogP contribution in [0.4, 0.5) is 15.2 Å². The second-order valence-corrected chi connectivity index (χ2v) is 12.0. The Morgan fingerprint density at radius 3 is 2.38 bits per heavy atom. The van der Waals surface area contributed by atoms with E-state index >= 15 is 0 Å². The van der Waals surface area contributed by atoms with Gasteiger partial charge in [0.15, 0.2) is 5.13 Å². The Balaban J connectivity index is 0.00000370. The number of nitrogens with one attached hydrogen (secondary N) is 2. The van der Waals surface area contributed by atoms with Crippen LogP contribution in [0.2, 0.25) is 0 Å². The minimum atomic E-state index is -3.85. The molecule has 0 aliphatic carbocycles. The molecule has 1 aliphatic rings. The van der Waals surface area contributed by atoms with E-state index in [9.17, 15) is 17.6 Å². The Morgan fingerprint density at radius 2 is 1.70 bits per heavy atom. The van der Waals surface area contributed by atoms with Gasteiger partial charge in [0, 0.05) is 50.5 Å². The number of carbonyl (C=O) groups is 1. The Bertz CT molecular complexity index is 1560. The molecule has 2 N–H and O–H groups in total. The van der Waals surface area contributed by atoms with Crippen LogP contribution < -0.4 is 14.9 Å². The molecule has 5 rings (SSSR count). The van der Waals surface area contributed by atoms with Crippen molar-refractivity contribution in [2.24, 2.45) is 0 Å². The van der Waals surface area contributed by atoms with E-state index in [0.29, 0.717) is 17.8 Å². The van der Waals surface area contributed by atoms with Gasteiger partial charge in [-0.3, -0.25) is 14.4 Å². The number of rotatable bonds is 9. The Labute approximate surface area is 243 Å². The smallest absolute Gasteiger partial charge is 0.261 e. The lowest BCUT2D eigenvalue weighted by Gasteiger charge is -2.34. The molecule has 212 valence electrons. The molecule has 4 aromatic rings. The second-order valence-electron chi connectivity index (χ2n) is 9.34. The first kappa shape index (κ1) is 29.7. The van der Waals surface area contributed by atoms with E-state index in [1.54, 1.807) is 23.5 Å². The first-order chi connectivity index (χ1) is 18.8.